The molecular formula is C19H26N6O3S. The van der Waals surface area contributed by atoms with Gasteiger partial charge in [0.2, 0.25) is 0 Å². The number of hydrogen-bond acceptors (Lipinski definition) is 8. The first-order valence-electron chi connectivity index (χ1n) is 9.47. The van der Waals surface area contributed by atoms with Crippen molar-refractivity contribution in [1.29, 1.82) is 0 Å². The van der Waals surface area contributed by atoms with Crippen molar-refractivity contribution in [3.05, 3.63) is 29.3 Å². The van der Waals surface area contributed by atoms with E-state index in [2.05, 4.69) is 32.6 Å². The van der Waals surface area contributed by atoms with Crippen molar-refractivity contribution in [3.63, 3.8) is 0 Å². The lowest BCUT2D eigenvalue weighted by molar-refractivity contribution is 0.0950. The number of aromatic nitrogens is 4. The molecule has 0 aliphatic carbocycles. The molecule has 0 unspecified atom stereocenters. The van der Waals surface area contributed by atoms with Crippen molar-refractivity contribution in [2.75, 3.05) is 37.9 Å². The maximum atomic E-state index is 12.4. The van der Waals surface area contributed by atoms with Crippen LogP contribution in [0.25, 0.3) is 11.0 Å². The minimum absolute atomic E-state index is 0.158. The van der Waals surface area contributed by atoms with Crippen LogP contribution in [-0.2, 0) is 11.3 Å². The lowest BCUT2D eigenvalue weighted by Crippen LogP contribution is -2.27. The predicted octanol–water partition coefficient (Wildman–Crippen LogP) is 2.64. The number of nitrogens with zero attached hydrogens (tertiary/aromatic N) is 4. The lowest BCUT2D eigenvalue weighted by Gasteiger charge is -2.09. The van der Waals surface area contributed by atoms with Crippen LogP contribution in [0.2, 0.25) is 0 Å². The maximum absolute atomic E-state index is 12.4. The number of anilines is 1. The van der Waals surface area contributed by atoms with Crippen molar-refractivity contribution in [3.8, 4) is 0 Å². The Balaban J connectivity index is 1.73. The van der Waals surface area contributed by atoms with Crippen LogP contribution in [0.4, 0.5) is 5.82 Å². The zero-order chi connectivity index (χ0) is 20.8. The summed E-state index contributed by atoms with van der Waals surface area (Å²) in [5, 5.41) is 12.2. The second-order valence-electron chi connectivity index (χ2n) is 6.40. The molecule has 156 valence electrons. The van der Waals surface area contributed by atoms with Gasteiger partial charge in [-0.2, -0.15) is 5.10 Å². The Morgan fingerprint density at radius 3 is 2.83 bits per heavy atom. The van der Waals surface area contributed by atoms with E-state index >= 15 is 0 Å². The number of ether oxygens (including phenoxy) is 1. The molecule has 0 bridgehead atoms. The Kier molecular flexibility index (Phi) is 7.10. The summed E-state index contributed by atoms with van der Waals surface area (Å²) in [6.07, 6.45) is 1.75. The van der Waals surface area contributed by atoms with Gasteiger partial charge in [0.1, 0.15) is 17.3 Å². The number of methoxy groups -OCH3 is 1. The first kappa shape index (κ1) is 21.1. The Bertz CT molecular complexity index is 984. The summed E-state index contributed by atoms with van der Waals surface area (Å²) >= 11 is 1.57. The van der Waals surface area contributed by atoms with Crippen LogP contribution < -0.4 is 10.6 Å². The number of rotatable bonds is 10. The molecule has 29 heavy (non-hydrogen) atoms. The van der Waals surface area contributed by atoms with Gasteiger partial charge in [-0.05, 0) is 25.7 Å². The number of carbonyl (C=O) groups excluding carboxylic acids is 1. The van der Waals surface area contributed by atoms with E-state index in [9.17, 15) is 4.79 Å². The average Bonchev–Trinajstić information content (AvgIpc) is 3.25. The van der Waals surface area contributed by atoms with E-state index < -0.39 is 0 Å². The predicted molar refractivity (Wildman–Crippen MR) is 113 cm³/mol. The summed E-state index contributed by atoms with van der Waals surface area (Å²) in [5.41, 5.74) is 1.29. The van der Waals surface area contributed by atoms with Crippen molar-refractivity contribution in [2.24, 2.45) is 0 Å². The highest BCUT2D eigenvalue weighted by Gasteiger charge is 2.15. The van der Waals surface area contributed by atoms with Gasteiger partial charge in [0, 0.05) is 20.2 Å². The minimum atomic E-state index is -0.158. The highest BCUT2D eigenvalue weighted by molar-refractivity contribution is 7.99. The molecule has 2 N–H and O–H groups in total. The number of hydrogen-bond donors (Lipinski definition) is 2. The van der Waals surface area contributed by atoms with Gasteiger partial charge in [0.05, 0.1) is 30.3 Å². The number of furan rings is 1. The maximum Gasteiger partial charge on any atom is 0.254 e. The largest absolute Gasteiger partial charge is 0.466 e. The third-order valence-electron chi connectivity index (χ3n) is 4.24. The highest BCUT2D eigenvalue weighted by Crippen LogP contribution is 2.24. The molecule has 0 aromatic carbocycles. The molecule has 0 saturated heterocycles. The molecule has 0 aliphatic heterocycles. The number of amides is 1. The second kappa shape index (κ2) is 9.75. The molecule has 9 nitrogen and oxygen atoms in total. The van der Waals surface area contributed by atoms with Crippen molar-refractivity contribution < 1.29 is 13.9 Å². The zero-order valence-electron chi connectivity index (χ0n) is 17.1. The summed E-state index contributed by atoms with van der Waals surface area (Å²) in [6, 6.07) is 1.74. The normalized spacial score (nSPS) is 11.2. The van der Waals surface area contributed by atoms with Crippen LogP contribution >= 0.6 is 11.8 Å². The molecule has 3 rings (SSSR count). The molecule has 0 saturated carbocycles. The van der Waals surface area contributed by atoms with E-state index in [4.69, 9.17) is 9.15 Å². The monoisotopic (exact) mass is 418 g/mol. The number of carbonyl (C=O) groups is 1. The van der Waals surface area contributed by atoms with Crippen LogP contribution in [0.5, 0.6) is 0 Å². The van der Waals surface area contributed by atoms with Crippen LogP contribution in [0.1, 0.15) is 28.8 Å². The topological polar surface area (TPSA) is 107 Å². The Morgan fingerprint density at radius 1 is 1.31 bits per heavy atom. The fourth-order valence-electron chi connectivity index (χ4n) is 2.93. The van der Waals surface area contributed by atoms with E-state index in [1.54, 1.807) is 42.7 Å². The van der Waals surface area contributed by atoms with Gasteiger partial charge in [0.25, 0.3) is 5.91 Å². The Labute approximate surface area is 173 Å². The quantitative estimate of drug-likeness (QED) is 0.294. The fraction of sp³-hybridized carbons (Fsp3) is 0.474. The van der Waals surface area contributed by atoms with Gasteiger partial charge in [0.15, 0.2) is 10.8 Å². The third-order valence-corrected chi connectivity index (χ3v) is 4.97. The molecule has 0 spiro atoms. The standard InChI is InChI=1S/C19H26N6O3S/c1-5-29-19-23-16(20-7-9-27-4)15-11-22-25(17(15)24-19)8-6-21-18(26)14-10-12(2)28-13(14)3/h10-11H,5-9H2,1-4H3,(H,21,26)(H,20,23,24). The zero-order valence-corrected chi connectivity index (χ0v) is 17.9. The molecule has 3 aromatic rings. The van der Waals surface area contributed by atoms with E-state index in [1.165, 1.54) is 0 Å². The van der Waals surface area contributed by atoms with E-state index in [-0.39, 0.29) is 5.91 Å². The van der Waals surface area contributed by atoms with E-state index in [0.717, 1.165) is 28.4 Å². The molecule has 3 aromatic heterocycles. The Hall–Kier alpha value is -2.59. The first-order valence-corrected chi connectivity index (χ1v) is 10.5. The SMILES string of the molecule is CCSc1nc(NCCOC)c2cnn(CCNC(=O)c3cc(C)oc3C)c2n1. The van der Waals surface area contributed by atoms with Crippen LogP contribution in [0.3, 0.4) is 0 Å². The summed E-state index contributed by atoms with van der Waals surface area (Å²) in [7, 11) is 1.66. The second-order valence-corrected chi connectivity index (χ2v) is 7.63. The molecule has 10 heteroatoms. The molecular weight excluding hydrogens is 392 g/mol. The molecule has 0 radical (unpaired) electrons. The van der Waals surface area contributed by atoms with Gasteiger partial charge in [-0.1, -0.05) is 18.7 Å². The smallest absolute Gasteiger partial charge is 0.254 e. The van der Waals surface area contributed by atoms with E-state index in [1.807, 2.05) is 6.92 Å². The number of thioether (sulfide) groups is 1. The summed E-state index contributed by atoms with van der Waals surface area (Å²) in [5.74, 6) is 2.79. The van der Waals surface area contributed by atoms with Gasteiger partial charge in [-0.3, -0.25) is 4.79 Å². The molecule has 1 amide bonds. The first-order chi connectivity index (χ1) is 14.0. The molecule has 3 heterocycles. The van der Waals surface area contributed by atoms with Crippen molar-refractivity contribution >= 4 is 34.5 Å². The van der Waals surface area contributed by atoms with Crippen LogP contribution in [0.15, 0.2) is 21.8 Å². The number of fused-ring (bicyclic) bond motifs is 1. The Morgan fingerprint density at radius 2 is 2.14 bits per heavy atom. The third kappa shape index (κ3) is 5.07. The van der Waals surface area contributed by atoms with Crippen molar-refractivity contribution in [1.82, 2.24) is 25.1 Å². The summed E-state index contributed by atoms with van der Waals surface area (Å²) in [4.78, 5) is 21.6. The summed E-state index contributed by atoms with van der Waals surface area (Å²) in [6.45, 7) is 7.80. The number of nitrogens with one attached hydrogen (secondary N) is 2. The lowest BCUT2D eigenvalue weighted by atomic mass is 10.2. The van der Waals surface area contributed by atoms with E-state index in [0.29, 0.717) is 42.7 Å². The van der Waals surface area contributed by atoms with Gasteiger partial charge < -0.3 is 19.8 Å². The fourth-order valence-corrected chi connectivity index (χ4v) is 3.49. The van der Waals surface area contributed by atoms with Gasteiger partial charge in [-0.25, -0.2) is 14.6 Å². The number of aryl methyl sites for hydroxylation is 2. The van der Waals surface area contributed by atoms with Crippen LogP contribution in [-0.4, -0.2) is 58.2 Å². The molecule has 0 atom stereocenters. The van der Waals surface area contributed by atoms with Gasteiger partial charge >= 0.3 is 0 Å². The molecule has 0 aliphatic rings. The minimum Gasteiger partial charge on any atom is -0.466 e. The average molecular weight is 419 g/mol. The van der Waals surface area contributed by atoms with Gasteiger partial charge in [-0.15, -0.1) is 0 Å². The highest BCUT2D eigenvalue weighted by atomic mass is 32.2. The van der Waals surface area contributed by atoms with Crippen molar-refractivity contribution in [2.45, 2.75) is 32.5 Å². The summed E-state index contributed by atoms with van der Waals surface area (Å²) < 4.78 is 12.3. The van der Waals surface area contributed by atoms with Crippen LogP contribution in [0, 0.1) is 13.8 Å². The molecule has 0 fully saturated rings.